The molecule has 0 bridgehead atoms. The van der Waals surface area contributed by atoms with Gasteiger partial charge in [-0.05, 0) is 26.2 Å². The highest BCUT2D eigenvalue weighted by Crippen LogP contribution is 2.19. The van der Waals surface area contributed by atoms with Gasteiger partial charge in [-0.3, -0.25) is 4.68 Å². The molecule has 5 heteroatoms. The quantitative estimate of drug-likeness (QED) is 0.897. The van der Waals surface area contributed by atoms with Crippen molar-refractivity contribution in [1.29, 1.82) is 0 Å². The molecule has 0 aliphatic carbocycles. The van der Waals surface area contributed by atoms with E-state index in [1.807, 2.05) is 18.7 Å². The second kappa shape index (κ2) is 5.85. The van der Waals surface area contributed by atoms with Crippen LogP contribution in [-0.4, -0.2) is 29.0 Å². The van der Waals surface area contributed by atoms with Crippen LogP contribution in [0.25, 0.3) is 0 Å². The van der Waals surface area contributed by atoms with Crippen molar-refractivity contribution in [2.45, 2.75) is 38.8 Å². The van der Waals surface area contributed by atoms with Crippen LogP contribution in [0, 0.1) is 6.92 Å². The number of rotatable bonds is 4. The molecule has 96 valence electrons. The second-order valence-electron chi connectivity index (χ2n) is 4.59. The van der Waals surface area contributed by atoms with Crippen LogP contribution >= 0.6 is 11.6 Å². The lowest BCUT2D eigenvalue weighted by atomic mass is 10.1. The zero-order valence-electron chi connectivity index (χ0n) is 10.5. The Balaban J connectivity index is 1.81. The number of aromatic nitrogens is 2. The number of aryl methyl sites for hydroxylation is 2. The van der Waals surface area contributed by atoms with Crippen molar-refractivity contribution in [1.82, 2.24) is 15.1 Å². The maximum atomic E-state index is 6.18. The second-order valence-corrected chi connectivity index (χ2v) is 4.97. The molecular weight excluding hydrogens is 238 g/mol. The standard InChI is InChI=1S/C12H20ClN3O/c1-9-12(13)11(16(2)15-9)8-14-7-10-5-3-4-6-17-10/h10,14H,3-8H2,1-2H3. The minimum Gasteiger partial charge on any atom is -0.377 e. The molecule has 1 N–H and O–H groups in total. The Kier molecular flexibility index (Phi) is 4.42. The smallest absolute Gasteiger partial charge is 0.0860 e. The summed E-state index contributed by atoms with van der Waals surface area (Å²) in [5.74, 6) is 0. The molecular formula is C12H20ClN3O. The monoisotopic (exact) mass is 257 g/mol. The predicted octanol–water partition coefficient (Wildman–Crippen LogP) is 2.04. The summed E-state index contributed by atoms with van der Waals surface area (Å²) in [6.07, 6.45) is 3.99. The van der Waals surface area contributed by atoms with E-state index in [4.69, 9.17) is 16.3 Å². The third-order valence-electron chi connectivity index (χ3n) is 3.20. The molecule has 0 amide bonds. The SMILES string of the molecule is Cc1nn(C)c(CNCC2CCCCO2)c1Cl. The van der Waals surface area contributed by atoms with Crippen LogP contribution in [0.1, 0.15) is 30.7 Å². The lowest BCUT2D eigenvalue weighted by Gasteiger charge is -2.22. The summed E-state index contributed by atoms with van der Waals surface area (Å²) in [4.78, 5) is 0. The Morgan fingerprint density at radius 2 is 2.35 bits per heavy atom. The number of hydrogen-bond donors (Lipinski definition) is 1. The largest absolute Gasteiger partial charge is 0.377 e. The molecule has 0 saturated carbocycles. The van der Waals surface area contributed by atoms with E-state index < -0.39 is 0 Å². The lowest BCUT2D eigenvalue weighted by Crippen LogP contribution is -2.31. The number of hydrogen-bond acceptors (Lipinski definition) is 3. The maximum Gasteiger partial charge on any atom is 0.0860 e. The van der Waals surface area contributed by atoms with Crippen molar-refractivity contribution < 1.29 is 4.74 Å². The van der Waals surface area contributed by atoms with Gasteiger partial charge in [-0.25, -0.2) is 0 Å². The van der Waals surface area contributed by atoms with Gasteiger partial charge in [-0.15, -0.1) is 0 Å². The third kappa shape index (κ3) is 3.21. The van der Waals surface area contributed by atoms with Gasteiger partial charge in [0.2, 0.25) is 0 Å². The molecule has 0 aromatic carbocycles. The molecule has 1 fully saturated rings. The van der Waals surface area contributed by atoms with Crippen molar-refractivity contribution >= 4 is 11.6 Å². The summed E-state index contributed by atoms with van der Waals surface area (Å²) in [7, 11) is 1.92. The summed E-state index contributed by atoms with van der Waals surface area (Å²) < 4.78 is 7.50. The average molecular weight is 258 g/mol. The van der Waals surface area contributed by atoms with Gasteiger partial charge in [-0.2, -0.15) is 5.10 Å². The van der Waals surface area contributed by atoms with Crippen LogP contribution in [0.4, 0.5) is 0 Å². The summed E-state index contributed by atoms with van der Waals surface area (Å²) in [5, 5.41) is 8.45. The highest BCUT2D eigenvalue weighted by molar-refractivity contribution is 6.31. The number of ether oxygens (including phenoxy) is 1. The van der Waals surface area contributed by atoms with Crippen LogP contribution in [-0.2, 0) is 18.3 Å². The minimum absolute atomic E-state index is 0.358. The van der Waals surface area contributed by atoms with Crippen molar-refractivity contribution in [2.24, 2.45) is 7.05 Å². The zero-order valence-corrected chi connectivity index (χ0v) is 11.3. The lowest BCUT2D eigenvalue weighted by molar-refractivity contribution is 0.0167. The molecule has 1 aromatic heterocycles. The van der Waals surface area contributed by atoms with Crippen LogP contribution in [0.2, 0.25) is 5.02 Å². The van der Waals surface area contributed by atoms with Gasteiger partial charge in [-0.1, -0.05) is 11.6 Å². The summed E-state index contributed by atoms with van der Waals surface area (Å²) in [6.45, 7) is 4.46. The Labute approximate surface area is 107 Å². The van der Waals surface area contributed by atoms with E-state index in [1.165, 1.54) is 12.8 Å². The van der Waals surface area contributed by atoms with Crippen LogP contribution in [0.3, 0.4) is 0 Å². The first-order valence-electron chi connectivity index (χ1n) is 6.18. The normalized spacial score (nSPS) is 20.8. The van der Waals surface area contributed by atoms with Crippen LogP contribution in [0.5, 0.6) is 0 Å². The Morgan fingerprint density at radius 1 is 1.53 bits per heavy atom. The highest BCUT2D eigenvalue weighted by atomic mass is 35.5. The van der Waals surface area contributed by atoms with Gasteiger partial charge >= 0.3 is 0 Å². The molecule has 0 spiro atoms. The van der Waals surface area contributed by atoms with E-state index in [0.717, 1.165) is 42.5 Å². The fraction of sp³-hybridized carbons (Fsp3) is 0.750. The summed E-state index contributed by atoms with van der Waals surface area (Å²) in [5.41, 5.74) is 1.93. The maximum absolute atomic E-state index is 6.18. The molecule has 1 aromatic rings. The van der Waals surface area contributed by atoms with E-state index in [1.54, 1.807) is 0 Å². The van der Waals surface area contributed by atoms with Gasteiger partial charge < -0.3 is 10.1 Å². The Bertz CT molecular complexity index is 372. The molecule has 1 unspecified atom stereocenters. The van der Waals surface area contributed by atoms with E-state index in [-0.39, 0.29) is 0 Å². The molecule has 0 radical (unpaired) electrons. The van der Waals surface area contributed by atoms with Crippen LogP contribution < -0.4 is 5.32 Å². The van der Waals surface area contributed by atoms with Crippen molar-refractivity contribution in [3.63, 3.8) is 0 Å². The molecule has 2 rings (SSSR count). The van der Waals surface area contributed by atoms with Gasteiger partial charge in [0.25, 0.3) is 0 Å². The first kappa shape index (κ1) is 12.9. The molecule has 2 heterocycles. The van der Waals surface area contributed by atoms with E-state index in [9.17, 15) is 0 Å². The van der Waals surface area contributed by atoms with Gasteiger partial charge in [0.05, 0.1) is 22.5 Å². The predicted molar refractivity (Wildman–Crippen MR) is 68.3 cm³/mol. The zero-order chi connectivity index (χ0) is 12.3. The first-order chi connectivity index (χ1) is 8.18. The molecule has 17 heavy (non-hydrogen) atoms. The Hall–Kier alpha value is -0.580. The number of halogens is 1. The van der Waals surface area contributed by atoms with E-state index in [0.29, 0.717) is 6.10 Å². The van der Waals surface area contributed by atoms with Gasteiger partial charge in [0, 0.05) is 26.7 Å². The molecule has 1 aliphatic heterocycles. The van der Waals surface area contributed by atoms with Gasteiger partial charge in [0.15, 0.2) is 0 Å². The van der Waals surface area contributed by atoms with E-state index >= 15 is 0 Å². The van der Waals surface area contributed by atoms with Crippen molar-refractivity contribution in [3.05, 3.63) is 16.4 Å². The number of nitrogens with zero attached hydrogens (tertiary/aromatic N) is 2. The van der Waals surface area contributed by atoms with Crippen molar-refractivity contribution in [3.8, 4) is 0 Å². The third-order valence-corrected chi connectivity index (χ3v) is 3.69. The summed E-state index contributed by atoms with van der Waals surface area (Å²) in [6, 6.07) is 0. The number of nitrogens with one attached hydrogen (secondary N) is 1. The summed E-state index contributed by atoms with van der Waals surface area (Å²) >= 11 is 6.18. The fourth-order valence-corrected chi connectivity index (χ4v) is 2.42. The Morgan fingerprint density at radius 3 is 2.94 bits per heavy atom. The molecule has 1 saturated heterocycles. The fourth-order valence-electron chi connectivity index (χ4n) is 2.19. The topological polar surface area (TPSA) is 39.1 Å². The molecule has 1 atom stereocenters. The molecule has 1 aliphatic rings. The first-order valence-corrected chi connectivity index (χ1v) is 6.56. The van der Waals surface area contributed by atoms with E-state index in [2.05, 4.69) is 10.4 Å². The highest BCUT2D eigenvalue weighted by Gasteiger charge is 2.15. The minimum atomic E-state index is 0.358. The molecule has 4 nitrogen and oxygen atoms in total. The van der Waals surface area contributed by atoms with Gasteiger partial charge in [0.1, 0.15) is 0 Å². The van der Waals surface area contributed by atoms with Crippen molar-refractivity contribution in [2.75, 3.05) is 13.2 Å². The van der Waals surface area contributed by atoms with Crippen LogP contribution in [0.15, 0.2) is 0 Å². The average Bonchev–Trinajstić information content (AvgIpc) is 2.57.